The lowest BCUT2D eigenvalue weighted by molar-refractivity contribution is 0.713. The van der Waals surface area contributed by atoms with Gasteiger partial charge in [0, 0.05) is 5.69 Å². The van der Waals surface area contributed by atoms with Crippen LogP contribution >= 0.6 is 12.2 Å². The van der Waals surface area contributed by atoms with Gasteiger partial charge < -0.3 is 10.6 Å². The van der Waals surface area contributed by atoms with Crippen molar-refractivity contribution in [1.82, 2.24) is 5.32 Å². The molecule has 12 heavy (non-hydrogen) atoms. The number of hydrogen-bond acceptors (Lipinski definition) is 1. The van der Waals surface area contributed by atoms with E-state index in [1.807, 2.05) is 18.2 Å². The number of fused-ring (bicyclic) bond motifs is 1. The second-order valence-electron chi connectivity index (χ2n) is 2.91. The molecule has 2 rings (SSSR count). The van der Waals surface area contributed by atoms with Crippen molar-refractivity contribution in [2.24, 2.45) is 0 Å². The molecular weight excluding hydrogens is 168 g/mol. The number of para-hydroxylation sites is 1. The Morgan fingerprint density at radius 2 is 2.08 bits per heavy atom. The second kappa shape index (κ2) is 2.75. The fraction of sp³-hybridized carbons (Fsp3) is 0.222. The number of thiocarbonyl (C=S) groups is 1. The summed E-state index contributed by atoms with van der Waals surface area (Å²) in [6.07, 6.45) is 0. The molecule has 0 saturated carbocycles. The maximum Gasteiger partial charge on any atom is 0.171 e. The Hall–Kier alpha value is -1.09. The van der Waals surface area contributed by atoms with Crippen LogP contribution in [0.3, 0.4) is 0 Å². The van der Waals surface area contributed by atoms with Gasteiger partial charge in [0.2, 0.25) is 0 Å². The molecule has 1 aliphatic heterocycles. The van der Waals surface area contributed by atoms with Crippen molar-refractivity contribution in [3.8, 4) is 0 Å². The Balaban J connectivity index is 2.47. The van der Waals surface area contributed by atoms with Gasteiger partial charge >= 0.3 is 0 Å². The first-order chi connectivity index (χ1) is 5.77. The Morgan fingerprint density at radius 3 is 2.92 bits per heavy atom. The van der Waals surface area contributed by atoms with Gasteiger partial charge in [-0.15, -0.1) is 0 Å². The molecule has 1 aromatic rings. The molecule has 0 bridgehead atoms. The summed E-state index contributed by atoms with van der Waals surface area (Å²) in [5, 5.41) is 6.98. The van der Waals surface area contributed by atoms with E-state index >= 15 is 0 Å². The molecule has 1 heterocycles. The summed E-state index contributed by atoms with van der Waals surface area (Å²) < 4.78 is 0. The Labute approximate surface area is 77.0 Å². The highest BCUT2D eigenvalue weighted by molar-refractivity contribution is 7.80. The van der Waals surface area contributed by atoms with Gasteiger partial charge in [-0.2, -0.15) is 0 Å². The monoisotopic (exact) mass is 178 g/mol. The minimum atomic E-state index is 0.315. The summed E-state index contributed by atoms with van der Waals surface area (Å²) in [5.74, 6) is 0. The summed E-state index contributed by atoms with van der Waals surface area (Å²) in [5.41, 5.74) is 2.39. The third kappa shape index (κ3) is 1.16. The molecule has 0 amide bonds. The summed E-state index contributed by atoms with van der Waals surface area (Å²) >= 11 is 5.04. The van der Waals surface area contributed by atoms with Gasteiger partial charge in [0.15, 0.2) is 5.11 Å². The average molecular weight is 178 g/mol. The molecule has 1 atom stereocenters. The summed E-state index contributed by atoms with van der Waals surface area (Å²) in [7, 11) is 0. The van der Waals surface area contributed by atoms with Crippen LogP contribution in [0.15, 0.2) is 24.3 Å². The van der Waals surface area contributed by atoms with Crippen molar-refractivity contribution in [2.45, 2.75) is 13.0 Å². The van der Waals surface area contributed by atoms with Gasteiger partial charge in [-0.25, -0.2) is 0 Å². The first-order valence-electron chi connectivity index (χ1n) is 3.94. The van der Waals surface area contributed by atoms with Crippen LogP contribution in [0.5, 0.6) is 0 Å². The molecule has 0 aliphatic carbocycles. The van der Waals surface area contributed by atoms with Crippen molar-refractivity contribution in [3.05, 3.63) is 29.8 Å². The molecular formula is C9H10N2S. The zero-order valence-corrected chi connectivity index (χ0v) is 7.61. The van der Waals surface area contributed by atoms with E-state index in [4.69, 9.17) is 12.2 Å². The van der Waals surface area contributed by atoms with E-state index in [1.54, 1.807) is 0 Å². The number of benzene rings is 1. The molecule has 0 aromatic heterocycles. The maximum absolute atomic E-state index is 5.04. The van der Waals surface area contributed by atoms with Crippen molar-refractivity contribution in [1.29, 1.82) is 0 Å². The topological polar surface area (TPSA) is 24.1 Å². The van der Waals surface area contributed by atoms with Crippen LogP contribution in [0.25, 0.3) is 0 Å². The van der Waals surface area contributed by atoms with Gasteiger partial charge in [-0.1, -0.05) is 18.2 Å². The molecule has 1 unspecified atom stereocenters. The number of rotatable bonds is 0. The molecule has 0 saturated heterocycles. The zero-order chi connectivity index (χ0) is 8.55. The Kier molecular flexibility index (Phi) is 1.73. The predicted molar refractivity (Wildman–Crippen MR) is 54.2 cm³/mol. The minimum Gasteiger partial charge on any atom is -0.356 e. The number of anilines is 1. The molecule has 1 aliphatic rings. The molecule has 3 heteroatoms. The van der Waals surface area contributed by atoms with E-state index in [-0.39, 0.29) is 0 Å². The summed E-state index contributed by atoms with van der Waals surface area (Å²) in [6, 6.07) is 8.50. The van der Waals surface area contributed by atoms with Gasteiger partial charge in [0.25, 0.3) is 0 Å². The zero-order valence-electron chi connectivity index (χ0n) is 6.79. The van der Waals surface area contributed by atoms with E-state index in [0.717, 1.165) is 5.69 Å². The van der Waals surface area contributed by atoms with Crippen molar-refractivity contribution >= 4 is 23.0 Å². The van der Waals surface area contributed by atoms with E-state index in [1.165, 1.54) is 5.56 Å². The lowest BCUT2D eigenvalue weighted by atomic mass is 10.0. The average Bonchev–Trinajstić information content (AvgIpc) is 2.04. The quantitative estimate of drug-likeness (QED) is 0.594. The van der Waals surface area contributed by atoms with Crippen molar-refractivity contribution in [2.75, 3.05) is 5.32 Å². The highest BCUT2D eigenvalue weighted by atomic mass is 32.1. The molecule has 0 fully saturated rings. The molecule has 0 radical (unpaired) electrons. The largest absolute Gasteiger partial charge is 0.356 e. The van der Waals surface area contributed by atoms with Crippen molar-refractivity contribution in [3.63, 3.8) is 0 Å². The van der Waals surface area contributed by atoms with Crippen LogP contribution in [0.1, 0.15) is 18.5 Å². The van der Waals surface area contributed by atoms with E-state index in [9.17, 15) is 0 Å². The number of nitrogens with one attached hydrogen (secondary N) is 2. The van der Waals surface area contributed by atoms with Crippen LogP contribution < -0.4 is 10.6 Å². The Morgan fingerprint density at radius 1 is 1.33 bits per heavy atom. The van der Waals surface area contributed by atoms with Gasteiger partial charge in [-0.3, -0.25) is 0 Å². The van der Waals surface area contributed by atoms with Gasteiger partial charge in [0.1, 0.15) is 0 Å². The van der Waals surface area contributed by atoms with Crippen LogP contribution in [-0.4, -0.2) is 5.11 Å². The summed E-state index contributed by atoms with van der Waals surface area (Å²) in [4.78, 5) is 0. The number of hydrogen-bond donors (Lipinski definition) is 2. The van der Waals surface area contributed by atoms with E-state index in [2.05, 4.69) is 23.6 Å². The fourth-order valence-electron chi connectivity index (χ4n) is 1.42. The third-order valence-corrected chi connectivity index (χ3v) is 2.24. The highest BCUT2D eigenvalue weighted by Gasteiger charge is 2.16. The van der Waals surface area contributed by atoms with E-state index < -0.39 is 0 Å². The van der Waals surface area contributed by atoms with E-state index in [0.29, 0.717) is 11.2 Å². The van der Waals surface area contributed by atoms with Crippen LogP contribution in [0.2, 0.25) is 0 Å². The molecule has 0 spiro atoms. The summed E-state index contributed by atoms with van der Waals surface area (Å²) in [6.45, 7) is 2.10. The van der Waals surface area contributed by atoms with Crippen LogP contribution in [0, 0.1) is 0 Å². The smallest absolute Gasteiger partial charge is 0.171 e. The fourth-order valence-corrected chi connectivity index (χ4v) is 1.71. The maximum atomic E-state index is 5.04. The molecule has 2 nitrogen and oxygen atoms in total. The SMILES string of the molecule is CC1NC(=S)Nc2ccccc21. The van der Waals surface area contributed by atoms with Crippen LogP contribution in [0.4, 0.5) is 5.69 Å². The van der Waals surface area contributed by atoms with Gasteiger partial charge in [0.05, 0.1) is 6.04 Å². The predicted octanol–water partition coefficient (Wildman–Crippen LogP) is 2.05. The minimum absolute atomic E-state index is 0.315. The lowest BCUT2D eigenvalue weighted by Gasteiger charge is -2.26. The molecule has 62 valence electrons. The highest BCUT2D eigenvalue weighted by Crippen LogP contribution is 2.25. The van der Waals surface area contributed by atoms with Crippen molar-refractivity contribution < 1.29 is 0 Å². The first-order valence-corrected chi connectivity index (χ1v) is 4.34. The standard InChI is InChI=1S/C9H10N2S/c1-6-7-4-2-3-5-8(7)11-9(12)10-6/h2-6H,1H3,(H2,10,11,12). The molecule has 1 aromatic carbocycles. The first kappa shape index (κ1) is 7.55. The normalized spacial score (nSPS) is 20.8. The molecule has 2 N–H and O–H groups in total. The van der Waals surface area contributed by atoms with Crippen LogP contribution in [-0.2, 0) is 0 Å². The second-order valence-corrected chi connectivity index (χ2v) is 3.32. The third-order valence-electron chi connectivity index (χ3n) is 2.02. The lowest BCUT2D eigenvalue weighted by Crippen LogP contribution is -2.35. The Bertz CT molecular complexity index is 322. The van der Waals surface area contributed by atoms with Gasteiger partial charge in [-0.05, 0) is 30.8 Å².